The van der Waals surface area contributed by atoms with Gasteiger partial charge in [-0.05, 0) is 36.8 Å². The van der Waals surface area contributed by atoms with Gasteiger partial charge in [-0.15, -0.1) is 0 Å². The lowest BCUT2D eigenvalue weighted by Gasteiger charge is -2.43. The predicted molar refractivity (Wildman–Crippen MR) is 98.8 cm³/mol. The summed E-state index contributed by atoms with van der Waals surface area (Å²) in [7, 11) is 0. The lowest BCUT2D eigenvalue weighted by atomic mass is 9.79. The molecule has 0 aromatic heterocycles. The Morgan fingerprint density at radius 3 is 2.40 bits per heavy atom. The van der Waals surface area contributed by atoms with Crippen molar-refractivity contribution >= 4 is 5.57 Å². The van der Waals surface area contributed by atoms with Crippen LogP contribution in [0, 0.1) is 11.8 Å². The molecule has 2 aromatic carbocycles. The first kappa shape index (κ1) is 15.2. The Bertz CT molecular complexity index is 795. The molecule has 4 atom stereocenters. The van der Waals surface area contributed by atoms with Gasteiger partial charge in [0.2, 0.25) is 0 Å². The van der Waals surface area contributed by atoms with Gasteiger partial charge < -0.3 is 9.47 Å². The second-order valence-electron chi connectivity index (χ2n) is 7.59. The average molecular weight is 332 g/mol. The van der Waals surface area contributed by atoms with Gasteiger partial charge in [-0.2, -0.15) is 0 Å². The highest BCUT2D eigenvalue weighted by molar-refractivity contribution is 5.75. The number of hydrogen-bond donors (Lipinski definition) is 0. The van der Waals surface area contributed by atoms with Crippen molar-refractivity contribution in [1.29, 1.82) is 0 Å². The molecule has 1 saturated heterocycles. The van der Waals surface area contributed by atoms with Crippen molar-refractivity contribution in [3.63, 3.8) is 0 Å². The van der Waals surface area contributed by atoms with Gasteiger partial charge in [0.1, 0.15) is 11.9 Å². The SMILES string of the molecule is CC1CO[C@]2(c3ccccc3)C(=C(c3ccccc3)[C@H]3CCC[C@H]32)O1. The standard InChI is InChI=1S/C23H24O2/c1-16-15-24-23(18-11-6-3-7-12-18)20-14-8-13-19(20)21(22(23)25-16)17-9-4-2-5-10-17/h2-7,9-12,16,19-20H,8,13-15H2,1H3/t16?,19-,20+,23-/m0/s1. The van der Waals surface area contributed by atoms with E-state index in [0.717, 1.165) is 5.76 Å². The van der Waals surface area contributed by atoms with Crippen LogP contribution in [0.4, 0.5) is 0 Å². The summed E-state index contributed by atoms with van der Waals surface area (Å²) < 4.78 is 13.2. The summed E-state index contributed by atoms with van der Waals surface area (Å²) in [4.78, 5) is 0. The lowest BCUT2D eigenvalue weighted by Crippen LogP contribution is -2.45. The molecule has 2 heteroatoms. The zero-order valence-corrected chi connectivity index (χ0v) is 14.7. The fraction of sp³-hybridized carbons (Fsp3) is 0.391. The molecule has 0 radical (unpaired) electrons. The van der Waals surface area contributed by atoms with E-state index in [9.17, 15) is 0 Å². The maximum atomic E-state index is 6.67. The van der Waals surface area contributed by atoms with Crippen molar-refractivity contribution in [2.45, 2.75) is 37.9 Å². The quantitative estimate of drug-likeness (QED) is 0.756. The first-order chi connectivity index (χ1) is 12.3. The molecular formula is C23H24O2. The minimum atomic E-state index is -0.403. The summed E-state index contributed by atoms with van der Waals surface area (Å²) in [5, 5.41) is 0. The number of hydrogen-bond acceptors (Lipinski definition) is 2. The summed E-state index contributed by atoms with van der Waals surface area (Å²) in [5.74, 6) is 2.09. The fourth-order valence-corrected chi connectivity index (χ4v) is 5.21. The van der Waals surface area contributed by atoms with E-state index in [1.54, 1.807) is 0 Å². The van der Waals surface area contributed by atoms with Crippen LogP contribution in [0.1, 0.15) is 37.3 Å². The van der Waals surface area contributed by atoms with E-state index in [1.807, 2.05) is 0 Å². The van der Waals surface area contributed by atoms with Crippen LogP contribution in [-0.2, 0) is 15.1 Å². The molecular weight excluding hydrogens is 308 g/mol. The van der Waals surface area contributed by atoms with Crippen molar-refractivity contribution in [3.05, 3.63) is 77.5 Å². The van der Waals surface area contributed by atoms with Gasteiger partial charge in [0.15, 0.2) is 5.60 Å². The first-order valence-electron chi connectivity index (χ1n) is 9.47. The van der Waals surface area contributed by atoms with Gasteiger partial charge in [0.05, 0.1) is 6.61 Å². The summed E-state index contributed by atoms with van der Waals surface area (Å²) in [5.41, 5.74) is 3.53. The Morgan fingerprint density at radius 2 is 1.64 bits per heavy atom. The van der Waals surface area contributed by atoms with Crippen molar-refractivity contribution in [2.75, 3.05) is 6.61 Å². The van der Waals surface area contributed by atoms with Crippen LogP contribution in [0.15, 0.2) is 66.4 Å². The Labute approximate surface area is 149 Å². The Morgan fingerprint density at radius 1 is 0.920 bits per heavy atom. The second kappa shape index (κ2) is 5.74. The second-order valence-corrected chi connectivity index (χ2v) is 7.59. The smallest absolute Gasteiger partial charge is 0.154 e. The van der Waals surface area contributed by atoms with Crippen molar-refractivity contribution in [2.24, 2.45) is 11.8 Å². The van der Waals surface area contributed by atoms with Crippen molar-refractivity contribution in [3.8, 4) is 0 Å². The Kier molecular flexibility index (Phi) is 3.49. The van der Waals surface area contributed by atoms with Crippen LogP contribution >= 0.6 is 0 Å². The largest absolute Gasteiger partial charge is 0.489 e. The average Bonchev–Trinajstić information content (AvgIpc) is 3.23. The van der Waals surface area contributed by atoms with E-state index in [1.165, 1.54) is 36.0 Å². The molecule has 0 N–H and O–H groups in total. The first-order valence-corrected chi connectivity index (χ1v) is 9.47. The number of benzene rings is 2. The maximum Gasteiger partial charge on any atom is 0.154 e. The van der Waals surface area contributed by atoms with Crippen LogP contribution in [0.5, 0.6) is 0 Å². The molecule has 1 saturated carbocycles. The molecule has 25 heavy (non-hydrogen) atoms. The van der Waals surface area contributed by atoms with E-state index in [-0.39, 0.29) is 6.10 Å². The van der Waals surface area contributed by atoms with Gasteiger partial charge in [0.25, 0.3) is 0 Å². The zero-order valence-electron chi connectivity index (χ0n) is 14.7. The van der Waals surface area contributed by atoms with E-state index in [0.29, 0.717) is 18.4 Å². The molecule has 1 aliphatic heterocycles. The highest BCUT2D eigenvalue weighted by Gasteiger charge is 2.60. The molecule has 1 unspecified atom stereocenters. The van der Waals surface area contributed by atoms with Crippen LogP contribution < -0.4 is 0 Å². The molecule has 3 aliphatic rings. The molecule has 2 aliphatic carbocycles. The van der Waals surface area contributed by atoms with Gasteiger partial charge in [-0.1, -0.05) is 67.1 Å². The number of allylic oxidation sites excluding steroid dienone is 1. The number of rotatable bonds is 2. The van der Waals surface area contributed by atoms with Crippen molar-refractivity contribution < 1.29 is 9.47 Å². The lowest BCUT2D eigenvalue weighted by molar-refractivity contribution is -0.166. The van der Waals surface area contributed by atoms with Crippen LogP contribution in [0.2, 0.25) is 0 Å². The van der Waals surface area contributed by atoms with E-state index in [2.05, 4.69) is 67.6 Å². The van der Waals surface area contributed by atoms with Crippen LogP contribution in [0.3, 0.4) is 0 Å². The van der Waals surface area contributed by atoms with E-state index in [4.69, 9.17) is 9.47 Å². The van der Waals surface area contributed by atoms with Gasteiger partial charge in [0, 0.05) is 11.5 Å². The Balaban J connectivity index is 1.77. The number of ether oxygens (including phenoxy) is 2. The third-order valence-electron chi connectivity index (χ3n) is 6.14. The molecule has 1 heterocycles. The van der Waals surface area contributed by atoms with Crippen LogP contribution in [0.25, 0.3) is 5.57 Å². The third kappa shape index (κ3) is 2.13. The summed E-state index contributed by atoms with van der Waals surface area (Å²) in [6.45, 7) is 2.77. The minimum Gasteiger partial charge on any atom is -0.489 e. The van der Waals surface area contributed by atoms with E-state index < -0.39 is 5.60 Å². The fourth-order valence-electron chi connectivity index (χ4n) is 5.21. The molecule has 128 valence electrons. The summed E-state index contributed by atoms with van der Waals surface area (Å²) in [6.07, 6.45) is 3.81. The van der Waals surface area contributed by atoms with Crippen LogP contribution in [-0.4, -0.2) is 12.7 Å². The molecule has 0 spiro atoms. The Hall–Kier alpha value is -2.06. The number of fused-ring (bicyclic) bond motifs is 3. The zero-order chi connectivity index (χ0) is 16.9. The normalized spacial score (nSPS) is 33.7. The van der Waals surface area contributed by atoms with E-state index >= 15 is 0 Å². The monoisotopic (exact) mass is 332 g/mol. The summed E-state index contributed by atoms with van der Waals surface area (Å²) in [6, 6.07) is 21.5. The summed E-state index contributed by atoms with van der Waals surface area (Å²) >= 11 is 0. The van der Waals surface area contributed by atoms with Gasteiger partial charge in [-0.3, -0.25) is 0 Å². The molecule has 2 aromatic rings. The highest BCUT2D eigenvalue weighted by Crippen LogP contribution is 2.63. The predicted octanol–water partition coefficient (Wildman–Crippen LogP) is 5.16. The topological polar surface area (TPSA) is 18.5 Å². The molecule has 0 amide bonds. The van der Waals surface area contributed by atoms with Crippen molar-refractivity contribution in [1.82, 2.24) is 0 Å². The highest BCUT2D eigenvalue weighted by atomic mass is 16.6. The molecule has 2 fully saturated rings. The molecule has 5 rings (SSSR count). The molecule has 2 nitrogen and oxygen atoms in total. The minimum absolute atomic E-state index is 0.101. The van der Waals surface area contributed by atoms with Gasteiger partial charge in [-0.25, -0.2) is 0 Å². The third-order valence-corrected chi connectivity index (χ3v) is 6.14. The molecule has 0 bridgehead atoms. The van der Waals surface area contributed by atoms with Gasteiger partial charge >= 0.3 is 0 Å². The maximum absolute atomic E-state index is 6.67.